The van der Waals surface area contributed by atoms with E-state index in [-0.39, 0.29) is 5.95 Å². The molecule has 1 heterocycles. The second kappa shape index (κ2) is 4.59. The molecule has 0 aromatic carbocycles. The lowest BCUT2D eigenvalue weighted by Crippen LogP contribution is -2.29. The summed E-state index contributed by atoms with van der Waals surface area (Å²) in [5, 5.41) is 0. The number of aromatic amines is 2. The molecule has 2 saturated carbocycles. The second-order valence-electron chi connectivity index (χ2n) is 5.66. The molecule has 6 heteroatoms. The fraction of sp³-hybridized carbons (Fsp3) is 0.750. The van der Waals surface area contributed by atoms with Gasteiger partial charge in [0, 0.05) is 14.1 Å². The van der Waals surface area contributed by atoms with E-state index in [1.807, 2.05) is 4.98 Å². The quantitative estimate of drug-likeness (QED) is 0.771. The third kappa shape index (κ3) is 2.80. The first-order chi connectivity index (χ1) is 8.40. The molecule has 0 aliphatic heterocycles. The lowest BCUT2D eigenvalue weighted by Gasteiger charge is -2.07. The largest absolute Gasteiger partial charge is 0.352 e. The van der Waals surface area contributed by atoms with Crippen LogP contribution in [0.15, 0.2) is 9.59 Å². The standard InChI is InChI=1S/C7H12.C5H8N4O2/c1-7-4-2-3-6(7)5-7;1-9(2)3-6-4(10)8-5(11)7-3/h6H,2-5H2,1H3;1-2H3,(H2,6,7,8,10,11). The van der Waals surface area contributed by atoms with E-state index >= 15 is 0 Å². The monoisotopic (exact) mass is 252 g/mol. The number of nitrogens with one attached hydrogen (secondary N) is 2. The molecule has 0 spiro atoms. The van der Waals surface area contributed by atoms with Gasteiger partial charge in [0.25, 0.3) is 0 Å². The first kappa shape index (κ1) is 12.9. The average molecular weight is 252 g/mol. The summed E-state index contributed by atoms with van der Waals surface area (Å²) in [6.45, 7) is 2.44. The van der Waals surface area contributed by atoms with E-state index in [0.29, 0.717) is 0 Å². The van der Waals surface area contributed by atoms with Crippen LogP contribution in [0.1, 0.15) is 32.6 Å². The van der Waals surface area contributed by atoms with Gasteiger partial charge in [-0.2, -0.15) is 4.98 Å². The molecule has 0 radical (unpaired) electrons. The molecule has 18 heavy (non-hydrogen) atoms. The molecule has 3 rings (SSSR count). The van der Waals surface area contributed by atoms with Gasteiger partial charge < -0.3 is 4.90 Å². The van der Waals surface area contributed by atoms with E-state index in [1.54, 1.807) is 20.5 Å². The number of hydrogen-bond donors (Lipinski definition) is 2. The van der Waals surface area contributed by atoms with Gasteiger partial charge in [0.05, 0.1) is 0 Å². The maximum atomic E-state index is 10.6. The van der Waals surface area contributed by atoms with Crippen LogP contribution >= 0.6 is 0 Å². The Labute approximate surface area is 105 Å². The Morgan fingerprint density at radius 3 is 2.39 bits per heavy atom. The Balaban J connectivity index is 0.000000146. The minimum absolute atomic E-state index is 0.249. The number of fused-ring (bicyclic) bond motifs is 1. The van der Waals surface area contributed by atoms with E-state index in [1.165, 1.54) is 24.2 Å². The van der Waals surface area contributed by atoms with Crippen molar-refractivity contribution < 1.29 is 0 Å². The third-order valence-corrected chi connectivity index (χ3v) is 3.92. The summed E-state index contributed by atoms with van der Waals surface area (Å²) in [5.41, 5.74) is -0.328. The molecule has 0 saturated heterocycles. The molecule has 2 aliphatic rings. The van der Waals surface area contributed by atoms with Crippen LogP contribution in [0, 0.1) is 11.3 Å². The van der Waals surface area contributed by atoms with Gasteiger partial charge in [0.2, 0.25) is 5.95 Å². The van der Waals surface area contributed by atoms with Crippen LogP contribution in [-0.2, 0) is 0 Å². The molecule has 0 amide bonds. The Morgan fingerprint density at radius 2 is 2.06 bits per heavy atom. The highest BCUT2D eigenvalue weighted by Gasteiger charge is 2.52. The third-order valence-electron chi connectivity index (χ3n) is 3.92. The van der Waals surface area contributed by atoms with Crippen molar-refractivity contribution in [2.45, 2.75) is 32.6 Å². The molecule has 100 valence electrons. The minimum atomic E-state index is -0.641. The van der Waals surface area contributed by atoms with Crippen LogP contribution in [-0.4, -0.2) is 29.0 Å². The van der Waals surface area contributed by atoms with Crippen molar-refractivity contribution in [3.63, 3.8) is 0 Å². The molecule has 2 unspecified atom stereocenters. The van der Waals surface area contributed by atoms with Gasteiger partial charge in [0.1, 0.15) is 0 Å². The van der Waals surface area contributed by atoms with Crippen LogP contribution in [0.5, 0.6) is 0 Å². The zero-order chi connectivity index (χ0) is 13.3. The Kier molecular flexibility index (Phi) is 3.28. The Hall–Kier alpha value is -1.59. The van der Waals surface area contributed by atoms with Crippen molar-refractivity contribution in [1.82, 2.24) is 15.0 Å². The lowest BCUT2D eigenvalue weighted by molar-refractivity contribution is 0.547. The number of rotatable bonds is 1. The summed E-state index contributed by atoms with van der Waals surface area (Å²) in [7, 11) is 3.36. The predicted octanol–water partition coefficient (Wildman–Crippen LogP) is 0.721. The van der Waals surface area contributed by atoms with E-state index < -0.39 is 11.4 Å². The first-order valence-electron chi connectivity index (χ1n) is 6.29. The van der Waals surface area contributed by atoms with Gasteiger partial charge in [0.15, 0.2) is 0 Å². The van der Waals surface area contributed by atoms with Gasteiger partial charge in [-0.25, -0.2) is 9.59 Å². The topological polar surface area (TPSA) is 81.8 Å². The Bertz CT molecular complexity index is 503. The summed E-state index contributed by atoms with van der Waals surface area (Å²) in [4.78, 5) is 30.6. The minimum Gasteiger partial charge on any atom is -0.348 e. The average Bonchev–Trinajstić information content (AvgIpc) is 2.76. The highest BCUT2D eigenvalue weighted by molar-refractivity contribution is 5.22. The number of nitrogens with zero attached hydrogens (tertiary/aromatic N) is 2. The van der Waals surface area contributed by atoms with Crippen molar-refractivity contribution >= 4 is 5.95 Å². The molecular weight excluding hydrogens is 232 g/mol. The summed E-state index contributed by atoms with van der Waals surface area (Å²) in [6.07, 6.45) is 6.13. The van der Waals surface area contributed by atoms with Gasteiger partial charge >= 0.3 is 11.4 Å². The fourth-order valence-corrected chi connectivity index (χ4v) is 2.61. The van der Waals surface area contributed by atoms with Crippen molar-refractivity contribution in [3.8, 4) is 0 Å². The molecular formula is C12H20N4O2. The van der Waals surface area contributed by atoms with Crippen LogP contribution in [0.3, 0.4) is 0 Å². The smallest absolute Gasteiger partial charge is 0.348 e. The molecule has 2 N–H and O–H groups in total. The summed E-state index contributed by atoms with van der Waals surface area (Å²) >= 11 is 0. The highest BCUT2D eigenvalue weighted by Crippen LogP contribution is 2.62. The van der Waals surface area contributed by atoms with E-state index in [0.717, 1.165) is 11.3 Å². The number of anilines is 1. The predicted molar refractivity (Wildman–Crippen MR) is 69.9 cm³/mol. The second-order valence-corrected chi connectivity index (χ2v) is 5.66. The van der Waals surface area contributed by atoms with Gasteiger partial charge in [-0.1, -0.05) is 13.3 Å². The number of hydrogen-bond acceptors (Lipinski definition) is 4. The van der Waals surface area contributed by atoms with Crippen molar-refractivity contribution in [3.05, 3.63) is 21.0 Å². The van der Waals surface area contributed by atoms with E-state index in [2.05, 4.69) is 16.9 Å². The molecule has 6 nitrogen and oxygen atoms in total. The number of aromatic nitrogens is 3. The zero-order valence-corrected chi connectivity index (χ0v) is 11.1. The van der Waals surface area contributed by atoms with Crippen LogP contribution in [0.2, 0.25) is 0 Å². The first-order valence-corrected chi connectivity index (χ1v) is 6.29. The summed E-state index contributed by atoms with van der Waals surface area (Å²) < 4.78 is 0. The van der Waals surface area contributed by atoms with E-state index in [9.17, 15) is 9.59 Å². The summed E-state index contributed by atoms with van der Waals surface area (Å²) in [6, 6.07) is 0. The number of H-pyrrole nitrogens is 2. The van der Waals surface area contributed by atoms with Gasteiger partial charge in [-0.15, -0.1) is 0 Å². The molecule has 0 bridgehead atoms. The van der Waals surface area contributed by atoms with Gasteiger partial charge in [-0.05, 0) is 30.6 Å². The molecule has 2 aliphatic carbocycles. The molecule has 2 fully saturated rings. The van der Waals surface area contributed by atoms with Crippen LogP contribution < -0.4 is 16.3 Å². The highest BCUT2D eigenvalue weighted by atomic mass is 16.2. The Morgan fingerprint density at radius 1 is 1.33 bits per heavy atom. The van der Waals surface area contributed by atoms with Crippen molar-refractivity contribution in [2.24, 2.45) is 11.3 Å². The molecule has 1 aromatic rings. The molecule has 1 aromatic heterocycles. The van der Waals surface area contributed by atoms with Gasteiger partial charge in [-0.3, -0.25) is 9.97 Å². The van der Waals surface area contributed by atoms with Crippen molar-refractivity contribution in [2.75, 3.05) is 19.0 Å². The summed E-state index contributed by atoms with van der Waals surface area (Å²) in [5.74, 6) is 1.41. The normalized spacial score (nSPS) is 28.1. The van der Waals surface area contributed by atoms with Crippen LogP contribution in [0.4, 0.5) is 5.95 Å². The SMILES string of the molecule is CC12CCCC1C2.CN(C)c1nc(=O)[nH]c(=O)[nH]1. The van der Waals surface area contributed by atoms with E-state index in [4.69, 9.17) is 0 Å². The maximum absolute atomic E-state index is 10.6. The zero-order valence-electron chi connectivity index (χ0n) is 11.1. The maximum Gasteiger partial charge on any atom is 0.352 e. The van der Waals surface area contributed by atoms with Crippen LogP contribution in [0.25, 0.3) is 0 Å². The molecule has 2 atom stereocenters. The van der Waals surface area contributed by atoms with Crippen molar-refractivity contribution in [1.29, 1.82) is 0 Å². The fourth-order valence-electron chi connectivity index (χ4n) is 2.61. The lowest BCUT2D eigenvalue weighted by atomic mass is 10.1.